The Bertz CT molecular complexity index is 1030. The second kappa shape index (κ2) is 12.0. The van der Waals surface area contributed by atoms with E-state index in [9.17, 15) is 24.9 Å². The Hall–Kier alpha value is -2.44. The van der Waals surface area contributed by atoms with E-state index in [1.165, 1.54) is 5.57 Å². The molecule has 2 aliphatic carbocycles. The van der Waals surface area contributed by atoms with Crippen molar-refractivity contribution in [3.63, 3.8) is 0 Å². The van der Waals surface area contributed by atoms with Gasteiger partial charge >= 0.3 is 0 Å². The first kappa shape index (κ1) is 27.6. The highest BCUT2D eigenvalue weighted by Gasteiger charge is 2.56. The number of benzene rings is 1. The van der Waals surface area contributed by atoms with Gasteiger partial charge in [-0.25, -0.2) is 0 Å². The fourth-order valence-electron chi connectivity index (χ4n) is 6.80. The minimum Gasteiger partial charge on any atom is -0.508 e. The van der Waals surface area contributed by atoms with Crippen molar-refractivity contribution in [2.75, 3.05) is 6.61 Å². The third-order valence-electron chi connectivity index (χ3n) is 8.80. The number of aromatic hydroxyl groups is 1. The van der Waals surface area contributed by atoms with Crippen LogP contribution in [-0.2, 0) is 9.59 Å². The zero-order valence-corrected chi connectivity index (χ0v) is 22.5. The van der Waals surface area contributed by atoms with Crippen LogP contribution in [0.15, 0.2) is 41.0 Å². The Morgan fingerprint density at radius 1 is 1.08 bits per heavy atom. The van der Waals surface area contributed by atoms with E-state index in [0.717, 1.165) is 55.2 Å². The highest BCUT2D eigenvalue weighted by molar-refractivity contribution is 6.06. The number of imide groups is 1. The van der Waals surface area contributed by atoms with Gasteiger partial charge in [0.05, 0.1) is 24.5 Å². The number of amides is 2. The fraction of sp³-hybridized carbons (Fsp3) is 0.613. The minimum absolute atomic E-state index is 0.0216. The van der Waals surface area contributed by atoms with Crippen LogP contribution in [0, 0.1) is 23.7 Å². The van der Waals surface area contributed by atoms with Crippen LogP contribution in [0.1, 0.15) is 84.1 Å². The summed E-state index contributed by atoms with van der Waals surface area (Å²) in [6, 6.07) is 7.03. The molecule has 0 radical (unpaired) electrons. The van der Waals surface area contributed by atoms with Crippen molar-refractivity contribution in [1.29, 1.82) is 0 Å². The maximum Gasteiger partial charge on any atom is 0.234 e. The molecule has 1 saturated carbocycles. The minimum atomic E-state index is -0.781. The summed E-state index contributed by atoms with van der Waals surface area (Å²) >= 11 is 0. The third kappa shape index (κ3) is 5.70. The van der Waals surface area contributed by atoms with E-state index in [1.807, 2.05) is 12.1 Å². The number of phenolic OH excluding ortho intramolecular Hbond substituents is 1. The molecule has 2 fully saturated rings. The summed E-state index contributed by atoms with van der Waals surface area (Å²) in [5.41, 5.74) is 3.99. The summed E-state index contributed by atoms with van der Waals surface area (Å²) in [5, 5.41) is 31.6. The van der Waals surface area contributed by atoms with Crippen LogP contribution in [0.2, 0.25) is 0 Å². The van der Waals surface area contributed by atoms with Gasteiger partial charge in [0.1, 0.15) is 5.75 Å². The molecule has 6 nitrogen and oxygen atoms in total. The molecule has 1 heterocycles. The molecule has 1 aromatic rings. The van der Waals surface area contributed by atoms with Crippen molar-refractivity contribution in [3.8, 4) is 5.75 Å². The Balaban J connectivity index is 1.57. The van der Waals surface area contributed by atoms with Gasteiger partial charge in [0.15, 0.2) is 0 Å². The molecule has 2 amide bonds. The first-order valence-corrected chi connectivity index (χ1v) is 14.1. The van der Waals surface area contributed by atoms with Crippen molar-refractivity contribution >= 4 is 17.9 Å². The highest BCUT2D eigenvalue weighted by Crippen LogP contribution is 2.49. The van der Waals surface area contributed by atoms with Gasteiger partial charge in [-0.1, -0.05) is 69.4 Å². The quantitative estimate of drug-likeness (QED) is 0.313. The Morgan fingerprint density at radius 3 is 2.35 bits per heavy atom. The van der Waals surface area contributed by atoms with Gasteiger partial charge in [-0.3, -0.25) is 14.5 Å². The van der Waals surface area contributed by atoms with Crippen LogP contribution < -0.4 is 0 Å². The second-order valence-corrected chi connectivity index (χ2v) is 11.4. The summed E-state index contributed by atoms with van der Waals surface area (Å²) in [5.74, 6) is -1.41. The maximum absolute atomic E-state index is 13.7. The van der Waals surface area contributed by atoms with E-state index in [4.69, 9.17) is 0 Å². The van der Waals surface area contributed by atoms with Crippen molar-refractivity contribution in [1.82, 2.24) is 4.90 Å². The number of likely N-dealkylation sites (tertiary alicyclic amines) is 1. The molecule has 37 heavy (non-hydrogen) atoms. The normalized spacial score (nSPS) is 26.3. The number of hydrogen-bond acceptors (Lipinski definition) is 5. The zero-order chi connectivity index (χ0) is 26.7. The Morgan fingerprint density at radius 2 is 1.76 bits per heavy atom. The molecule has 4 atom stereocenters. The summed E-state index contributed by atoms with van der Waals surface area (Å²) < 4.78 is 0. The van der Waals surface area contributed by atoms with Gasteiger partial charge in [-0.15, -0.1) is 0 Å². The molecule has 202 valence electrons. The second-order valence-electron chi connectivity index (χ2n) is 11.4. The number of phenols is 1. The van der Waals surface area contributed by atoms with E-state index >= 15 is 0 Å². The van der Waals surface area contributed by atoms with Crippen LogP contribution in [0.4, 0.5) is 0 Å². The lowest BCUT2D eigenvalue weighted by atomic mass is 9.66. The van der Waals surface area contributed by atoms with Gasteiger partial charge < -0.3 is 15.3 Å². The van der Waals surface area contributed by atoms with E-state index in [0.29, 0.717) is 19.3 Å². The van der Waals surface area contributed by atoms with Crippen LogP contribution in [-0.4, -0.2) is 50.8 Å². The molecular weight excluding hydrogens is 466 g/mol. The van der Waals surface area contributed by atoms with Gasteiger partial charge in [-0.2, -0.15) is 0 Å². The predicted molar refractivity (Wildman–Crippen MR) is 144 cm³/mol. The van der Waals surface area contributed by atoms with E-state index in [1.54, 1.807) is 17.0 Å². The fourth-order valence-corrected chi connectivity index (χ4v) is 6.80. The lowest BCUT2D eigenvalue weighted by Crippen LogP contribution is -2.42. The first-order valence-electron chi connectivity index (χ1n) is 14.1. The van der Waals surface area contributed by atoms with Crippen LogP contribution in [0.3, 0.4) is 0 Å². The van der Waals surface area contributed by atoms with Gasteiger partial charge in [-0.05, 0) is 67.7 Å². The third-order valence-corrected chi connectivity index (χ3v) is 8.80. The van der Waals surface area contributed by atoms with Crippen molar-refractivity contribution in [3.05, 3.63) is 46.5 Å². The van der Waals surface area contributed by atoms with E-state index in [2.05, 4.69) is 26.8 Å². The molecule has 1 aromatic carbocycles. The van der Waals surface area contributed by atoms with Crippen LogP contribution in [0.5, 0.6) is 5.75 Å². The van der Waals surface area contributed by atoms with Crippen LogP contribution >= 0.6 is 0 Å². The number of allylic oxidation sites excluding steroid dienone is 2. The molecule has 0 bridgehead atoms. The first-order chi connectivity index (χ1) is 17.8. The number of carbonyl (C=O) groups is 2. The SMILES string of the molecule is CC/C(=C\c1ccc(O)cc1)CC[C@@H](O)C1=C(C(C)C)C[C@H]2C(=O)N(C3CCCCC3)C(=O)[C@H]2[C@H]1CO. The summed E-state index contributed by atoms with van der Waals surface area (Å²) in [7, 11) is 0. The van der Waals surface area contributed by atoms with Gasteiger partial charge in [0, 0.05) is 12.0 Å². The smallest absolute Gasteiger partial charge is 0.234 e. The van der Waals surface area contributed by atoms with Crippen molar-refractivity contribution in [2.24, 2.45) is 23.7 Å². The van der Waals surface area contributed by atoms with E-state index < -0.39 is 23.9 Å². The lowest BCUT2D eigenvalue weighted by Gasteiger charge is -2.38. The van der Waals surface area contributed by atoms with Crippen molar-refractivity contribution < 1.29 is 24.9 Å². The number of aliphatic hydroxyl groups is 2. The van der Waals surface area contributed by atoms with E-state index in [-0.39, 0.29) is 36.1 Å². The number of nitrogens with zero attached hydrogens (tertiary/aromatic N) is 1. The summed E-state index contributed by atoms with van der Waals surface area (Å²) in [4.78, 5) is 28.7. The highest BCUT2D eigenvalue weighted by atomic mass is 16.3. The summed E-state index contributed by atoms with van der Waals surface area (Å²) in [6.07, 6.45) is 8.77. The average molecular weight is 510 g/mol. The van der Waals surface area contributed by atoms with Crippen molar-refractivity contribution in [2.45, 2.75) is 90.7 Å². The van der Waals surface area contributed by atoms with Crippen LogP contribution in [0.25, 0.3) is 6.08 Å². The molecule has 3 aliphatic rings. The molecule has 0 spiro atoms. The average Bonchev–Trinajstić information content (AvgIpc) is 3.16. The predicted octanol–water partition coefficient (Wildman–Crippen LogP) is 5.23. The molecule has 6 heteroatoms. The molecule has 0 aromatic heterocycles. The molecule has 4 rings (SSSR count). The maximum atomic E-state index is 13.7. The molecule has 0 unspecified atom stereocenters. The molecule has 3 N–H and O–H groups in total. The lowest BCUT2D eigenvalue weighted by molar-refractivity contribution is -0.143. The number of aliphatic hydroxyl groups excluding tert-OH is 2. The summed E-state index contributed by atoms with van der Waals surface area (Å²) in [6.45, 7) is 5.98. The molecule has 1 aliphatic heterocycles. The number of fused-ring (bicyclic) bond motifs is 1. The Labute approximate surface area is 221 Å². The zero-order valence-electron chi connectivity index (χ0n) is 22.5. The van der Waals surface area contributed by atoms with Gasteiger partial charge in [0.25, 0.3) is 0 Å². The topological polar surface area (TPSA) is 98.1 Å². The standard InChI is InChI=1S/C31H43NO5/c1-4-20(16-21-10-13-23(34)14-11-21)12-15-27(35)28-24(19(2)3)17-25-29(26(28)18-33)31(37)32(30(25)36)22-8-6-5-7-9-22/h10-11,13-14,16,19,22,25-27,29,33-35H,4-9,12,15,17-18H2,1-3H3/b20-16+/t25-,26+,27-,29-/m1/s1. The monoisotopic (exact) mass is 509 g/mol. The molecule has 1 saturated heterocycles. The number of rotatable bonds is 9. The Kier molecular flexibility index (Phi) is 8.91. The largest absolute Gasteiger partial charge is 0.508 e. The molecular formula is C31H43NO5. The van der Waals surface area contributed by atoms with Gasteiger partial charge in [0.2, 0.25) is 11.8 Å². The number of hydrogen-bond donors (Lipinski definition) is 3. The number of carbonyl (C=O) groups excluding carboxylic acids is 2.